The number of rotatable bonds is 7. The zero-order chi connectivity index (χ0) is 18.1. The second kappa shape index (κ2) is 9.67. The predicted octanol–water partition coefficient (Wildman–Crippen LogP) is 3.52. The molecule has 0 amide bonds. The quantitative estimate of drug-likeness (QED) is 0.597. The number of nitrogens with one attached hydrogen (secondary N) is 2. The Kier molecular flexibility index (Phi) is 7.26. The number of guanidine groups is 1. The van der Waals surface area contributed by atoms with E-state index in [4.69, 9.17) is 4.74 Å². The van der Waals surface area contributed by atoms with Crippen molar-refractivity contribution in [2.24, 2.45) is 4.99 Å². The molecule has 0 aliphatic heterocycles. The summed E-state index contributed by atoms with van der Waals surface area (Å²) in [6.07, 6.45) is 0.907. The first-order chi connectivity index (χ1) is 12.1. The van der Waals surface area contributed by atoms with E-state index in [0.29, 0.717) is 13.1 Å². The van der Waals surface area contributed by atoms with Crippen molar-refractivity contribution in [1.82, 2.24) is 10.6 Å². The molecular weight excluding hydrogens is 317 g/mol. The zero-order valence-electron chi connectivity index (χ0n) is 15.1. The van der Waals surface area contributed by atoms with Crippen molar-refractivity contribution in [1.29, 1.82) is 0 Å². The highest BCUT2D eigenvalue weighted by atomic mass is 19.1. The van der Waals surface area contributed by atoms with Gasteiger partial charge in [0, 0.05) is 20.1 Å². The average molecular weight is 343 g/mol. The Morgan fingerprint density at radius 3 is 2.48 bits per heavy atom. The monoisotopic (exact) mass is 343 g/mol. The van der Waals surface area contributed by atoms with Gasteiger partial charge in [-0.05, 0) is 55.7 Å². The van der Waals surface area contributed by atoms with Gasteiger partial charge < -0.3 is 15.4 Å². The molecular formula is C20H26FN3O. The van der Waals surface area contributed by atoms with Gasteiger partial charge in [-0.2, -0.15) is 0 Å². The molecule has 0 fully saturated rings. The SMILES string of the molecule is CN=C(NCCc1cccc(F)c1)NCc1ccc(OC(C)C)cc1. The summed E-state index contributed by atoms with van der Waals surface area (Å²) in [4.78, 5) is 4.20. The normalized spacial score (nSPS) is 11.5. The summed E-state index contributed by atoms with van der Waals surface area (Å²) >= 11 is 0. The van der Waals surface area contributed by atoms with Crippen LogP contribution in [0.3, 0.4) is 0 Å². The van der Waals surface area contributed by atoms with E-state index in [1.54, 1.807) is 19.2 Å². The maximum absolute atomic E-state index is 13.2. The molecule has 0 aromatic heterocycles. The number of hydrogen-bond donors (Lipinski definition) is 2. The summed E-state index contributed by atoms with van der Waals surface area (Å²) in [5.41, 5.74) is 2.10. The predicted molar refractivity (Wildman–Crippen MR) is 101 cm³/mol. The fraction of sp³-hybridized carbons (Fsp3) is 0.350. The first kappa shape index (κ1) is 18.8. The highest BCUT2D eigenvalue weighted by Crippen LogP contribution is 2.13. The lowest BCUT2D eigenvalue weighted by Crippen LogP contribution is -2.37. The van der Waals surface area contributed by atoms with Gasteiger partial charge in [0.15, 0.2) is 5.96 Å². The van der Waals surface area contributed by atoms with Gasteiger partial charge in [0.05, 0.1) is 6.10 Å². The Bertz CT molecular complexity index is 684. The van der Waals surface area contributed by atoms with Crippen LogP contribution in [0.5, 0.6) is 5.75 Å². The number of benzene rings is 2. The van der Waals surface area contributed by atoms with Gasteiger partial charge in [0.2, 0.25) is 0 Å². The molecule has 2 aromatic carbocycles. The Hall–Kier alpha value is -2.56. The first-order valence-electron chi connectivity index (χ1n) is 8.51. The Labute approximate surface area is 149 Å². The maximum atomic E-state index is 13.2. The van der Waals surface area contributed by atoms with E-state index in [1.165, 1.54) is 6.07 Å². The zero-order valence-corrected chi connectivity index (χ0v) is 15.1. The van der Waals surface area contributed by atoms with Gasteiger partial charge in [-0.3, -0.25) is 4.99 Å². The molecule has 0 aliphatic rings. The number of aliphatic imine (C=N–C) groups is 1. The van der Waals surface area contributed by atoms with Crippen LogP contribution in [0.4, 0.5) is 4.39 Å². The lowest BCUT2D eigenvalue weighted by molar-refractivity contribution is 0.242. The molecule has 0 saturated carbocycles. The third-order valence-electron chi connectivity index (χ3n) is 3.57. The van der Waals surface area contributed by atoms with E-state index in [1.807, 2.05) is 44.2 Å². The van der Waals surface area contributed by atoms with Gasteiger partial charge in [-0.15, -0.1) is 0 Å². The second-order valence-electron chi connectivity index (χ2n) is 6.04. The largest absolute Gasteiger partial charge is 0.491 e. The molecule has 2 aromatic rings. The molecule has 0 heterocycles. The van der Waals surface area contributed by atoms with Crippen LogP contribution in [-0.4, -0.2) is 25.7 Å². The van der Waals surface area contributed by atoms with Crippen LogP contribution in [0.1, 0.15) is 25.0 Å². The van der Waals surface area contributed by atoms with Gasteiger partial charge in [-0.1, -0.05) is 24.3 Å². The average Bonchev–Trinajstić information content (AvgIpc) is 2.59. The standard InChI is InChI=1S/C20H26FN3O/c1-15(2)25-19-9-7-17(8-10-19)14-24-20(22-3)23-12-11-16-5-4-6-18(21)13-16/h4-10,13,15H,11-12,14H2,1-3H3,(H2,22,23,24). The number of hydrogen-bond acceptors (Lipinski definition) is 2. The Morgan fingerprint density at radius 1 is 1.08 bits per heavy atom. The fourth-order valence-corrected chi connectivity index (χ4v) is 2.38. The van der Waals surface area contributed by atoms with Crippen molar-refractivity contribution < 1.29 is 9.13 Å². The molecule has 2 rings (SSSR count). The van der Waals surface area contributed by atoms with Crippen molar-refractivity contribution in [3.63, 3.8) is 0 Å². The van der Waals surface area contributed by atoms with Crippen LogP contribution in [0.15, 0.2) is 53.5 Å². The lowest BCUT2D eigenvalue weighted by Gasteiger charge is -2.13. The van der Waals surface area contributed by atoms with Crippen molar-refractivity contribution in [3.8, 4) is 5.75 Å². The molecule has 2 N–H and O–H groups in total. The summed E-state index contributed by atoms with van der Waals surface area (Å²) in [6, 6.07) is 14.7. The summed E-state index contributed by atoms with van der Waals surface area (Å²) in [5.74, 6) is 1.39. The van der Waals surface area contributed by atoms with E-state index in [-0.39, 0.29) is 11.9 Å². The van der Waals surface area contributed by atoms with Crippen molar-refractivity contribution >= 4 is 5.96 Å². The molecule has 0 saturated heterocycles. The van der Waals surface area contributed by atoms with Crippen molar-refractivity contribution in [2.45, 2.75) is 32.9 Å². The third kappa shape index (κ3) is 6.83. The molecule has 0 radical (unpaired) electrons. The summed E-state index contributed by atoms with van der Waals surface area (Å²) < 4.78 is 18.8. The van der Waals surface area contributed by atoms with E-state index in [2.05, 4.69) is 15.6 Å². The lowest BCUT2D eigenvalue weighted by atomic mass is 10.1. The minimum absolute atomic E-state index is 0.171. The third-order valence-corrected chi connectivity index (χ3v) is 3.57. The molecule has 25 heavy (non-hydrogen) atoms. The van der Waals surface area contributed by atoms with Crippen LogP contribution < -0.4 is 15.4 Å². The maximum Gasteiger partial charge on any atom is 0.191 e. The van der Waals surface area contributed by atoms with Crippen LogP contribution in [0.2, 0.25) is 0 Å². The highest BCUT2D eigenvalue weighted by Gasteiger charge is 2.01. The molecule has 0 atom stereocenters. The molecule has 0 bridgehead atoms. The van der Waals surface area contributed by atoms with Crippen LogP contribution in [0, 0.1) is 5.82 Å². The fourth-order valence-electron chi connectivity index (χ4n) is 2.38. The molecule has 0 unspecified atom stereocenters. The molecule has 5 heteroatoms. The van der Waals surface area contributed by atoms with Crippen LogP contribution >= 0.6 is 0 Å². The number of nitrogens with zero attached hydrogens (tertiary/aromatic N) is 1. The molecule has 0 spiro atoms. The van der Waals surface area contributed by atoms with Crippen LogP contribution in [-0.2, 0) is 13.0 Å². The minimum Gasteiger partial charge on any atom is -0.491 e. The van der Waals surface area contributed by atoms with Gasteiger partial charge >= 0.3 is 0 Å². The van der Waals surface area contributed by atoms with E-state index < -0.39 is 0 Å². The number of halogens is 1. The van der Waals surface area contributed by atoms with E-state index >= 15 is 0 Å². The topological polar surface area (TPSA) is 45.7 Å². The van der Waals surface area contributed by atoms with Gasteiger partial charge in [-0.25, -0.2) is 4.39 Å². The summed E-state index contributed by atoms with van der Waals surface area (Å²) in [5, 5.41) is 6.50. The van der Waals surface area contributed by atoms with Crippen LogP contribution in [0.25, 0.3) is 0 Å². The number of ether oxygens (including phenoxy) is 1. The van der Waals surface area contributed by atoms with Gasteiger partial charge in [0.1, 0.15) is 11.6 Å². The Morgan fingerprint density at radius 2 is 1.84 bits per heavy atom. The molecule has 134 valence electrons. The summed E-state index contributed by atoms with van der Waals surface area (Å²) in [7, 11) is 1.73. The molecule has 4 nitrogen and oxygen atoms in total. The summed E-state index contributed by atoms with van der Waals surface area (Å²) in [6.45, 7) is 5.37. The highest BCUT2D eigenvalue weighted by molar-refractivity contribution is 5.79. The minimum atomic E-state index is -0.204. The molecule has 0 aliphatic carbocycles. The van der Waals surface area contributed by atoms with E-state index in [9.17, 15) is 4.39 Å². The van der Waals surface area contributed by atoms with Crippen molar-refractivity contribution in [2.75, 3.05) is 13.6 Å². The second-order valence-corrected chi connectivity index (χ2v) is 6.04. The Balaban J connectivity index is 1.76. The van der Waals surface area contributed by atoms with Gasteiger partial charge in [0.25, 0.3) is 0 Å². The van der Waals surface area contributed by atoms with Crippen molar-refractivity contribution in [3.05, 3.63) is 65.5 Å². The smallest absolute Gasteiger partial charge is 0.191 e. The first-order valence-corrected chi connectivity index (χ1v) is 8.51. The van der Waals surface area contributed by atoms with E-state index in [0.717, 1.165) is 29.3 Å².